The quantitative estimate of drug-likeness (QED) is 0.303. The average molecular weight is 458 g/mol. The van der Waals surface area contributed by atoms with Crippen molar-refractivity contribution in [2.24, 2.45) is 5.73 Å². The number of piperazine rings is 1. The lowest BCUT2D eigenvalue weighted by Crippen LogP contribution is -2.43. The van der Waals surface area contributed by atoms with Gasteiger partial charge in [-0.15, -0.1) is 0 Å². The van der Waals surface area contributed by atoms with Gasteiger partial charge in [-0.25, -0.2) is 4.79 Å². The van der Waals surface area contributed by atoms with Crippen molar-refractivity contribution in [1.82, 2.24) is 25.2 Å². The maximum atomic E-state index is 12.8. The summed E-state index contributed by atoms with van der Waals surface area (Å²) in [6.45, 7) is 6.36. The summed E-state index contributed by atoms with van der Waals surface area (Å²) in [7, 11) is 0. The molecule has 0 spiro atoms. The van der Waals surface area contributed by atoms with Crippen molar-refractivity contribution in [3.63, 3.8) is 0 Å². The molecule has 3 heterocycles. The number of H-pyrrole nitrogens is 1. The van der Waals surface area contributed by atoms with Crippen LogP contribution < -0.4 is 27.0 Å². The van der Waals surface area contributed by atoms with Gasteiger partial charge in [0.25, 0.3) is 0 Å². The summed E-state index contributed by atoms with van der Waals surface area (Å²) in [6.07, 6.45) is 2.82. The highest BCUT2D eigenvalue weighted by Gasteiger charge is 2.13. The predicted octanol–water partition coefficient (Wildman–Crippen LogP) is 2.23. The minimum Gasteiger partial charge on any atom is -0.369 e. The van der Waals surface area contributed by atoms with Gasteiger partial charge in [0.1, 0.15) is 5.65 Å². The fourth-order valence-electron chi connectivity index (χ4n) is 4.36. The number of hydrogen-bond donors (Lipinski definition) is 4. The van der Waals surface area contributed by atoms with E-state index < -0.39 is 0 Å². The first-order valence-corrected chi connectivity index (χ1v) is 11.9. The molecule has 5 N–H and O–H groups in total. The van der Waals surface area contributed by atoms with E-state index in [-0.39, 0.29) is 5.69 Å². The second-order valence-electron chi connectivity index (χ2n) is 8.65. The van der Waals surface area contributed by atoms with E-state index in [0.717, 1.165) is 73.6 Å². The van der Waals surface area contributed by atoms with Crippen molar-refractivity contribution in [2.75, 3.05) is 44.2 Å². The summed E-state index contributed by atoms with van der Waals surface area (Å²) in [6, 6.07) is 18.6. The molecule has 1 aliphatic rings. The lowest BCUT2D eigenvalue weighted by Gasteiger charge is -2.29. The van der Waals surface area contributed by atoms with Gasteiger partial charge in [0.05, 0.1) is 5.69 Å². The van der Waals surface area contributed by atoms with Crippen LogP contribution in [0.5, 0.6) is 0 Å². The smallest absolute Gasteiger partial charge is 0.354 e. The molecule has 34 heavy (non-hydrogen) atoms. The number of fused-ring (bicyclic) bond motifs is 1. The van der Waals surface area contributed by atoms with E-state index in [1.165, 1.54) is 5.69 Å². The predicted molar refractivity (Wildman–Crippen MR) is 138 cm³/mol. The molecule has 1 saturated heterocycles. The third-order valence-corrected chi connectivity index (χ3v) is 6.25. The third-order valence-electron chi connectivity index (χ3n) is 6.25. The Morgan fingerprint density at radius 1 is 1.03 bits per heavy atom. The first-order valence-electron chi connectivity index (χ1n) is 11.9. The SMILES string of the molecule is NCCCNCc1ccc(-n2cc3cc(-c4cccc(N5CCNCC5)c4)[nH]c3nc2=O)cc1. The van der Waals surface area contributed by atoms with Crippen molar-refractivity contribution in [3.05, 3.63) is 76.8 Å². The van der Waals surface area contributed by atoms with Crippen LogP contribution in [0, 0.1) is 0 Å². The molecule has 5 rings (SSSR count). The maximum Gasteiger partial charge on any atom is 0.354 e. The number of nitrogens with zero attached hydrogens (tertiary/aromatic N) is 3. The number of hydrogen-bond acceptors (Lipinski definition) is 6. The zero-order chi connectivity index (χ0) is 23.3. The molecule has 0 bridgehead atoms. The third kappa shape index (κ3) is 4.89. The summed E-state index contributed by atoms with van der Waals surface area (Å²) in [5.74, 6) is 0. The molecule has 4 aromatic rings. The number of nitrogens with two attached hydrogens (primary N) is 1. The summed E-state index contributed by atoms with van der Waals surface area (Å²) >= 11 is 0. The molecule has 176 valence electrons. The van der Waals surface area contributed by atoms with E-state index in [4.69, 9.17) is 5.73 Å². The van der Waals surface area contributed by atoms with Gasteiger partial charge in [0.15, 0.2) is 0 Å². The van der Waals surface area contributed by atoms with Crippen molar-refractivity contribution in [3.8, 4) is 16.9 Å². The number of aromatic amines is 1. The standard InChI is InChI=1S/C26H31N7O/c27-9-2-10-29-17-19-5-7-22(8-6-19)33-18-21-16-24(30-25(21)31-26(33)34)20-3-1-4-23(15-20)32-13-11-28-12-14-32/h1,3-8,15-16,18,28-29H,2,9-14,17,27H2,(H,30,31,34). The molecule has 2 aromatic carbocycles. The van der Waals surface area contributed by atoms with Gasteiger partial charge in [0, 0.05) is 61.3 Å². The van der Waals surface area contributed by atoms with Crippen LogP contribution in [-0.2, 0) is 6.54 Å². The van der Waals surface area contributed by atoms with E-state index in [0.29, 0.717) is 12.2 Å². The van der Waals surface area contributed by atoms with Crippen LogP contribution in [0.25, 0.3) is 28.0 Å². The molecule has 8 nitrogen and oxygen atoms in total. The summed E-state index contributed by atoms with van der Waals surface area (Å²) < 4.78 is 1.60. The lowest BCUT2D eigenvalue weighted by atomic mass is 10.1. The Hall–Kier alpha value is -3.46. The highest BCUT2D eigenvalue weighted by molar-refractivity contribution is 5.83. The molecule has 0 amide bonds. The molecule has 0 saturated carbocycles. The summed E-state index contributed by atoms with van der Waals surface area (Å²) in [5.41, 5.74) is 11.0. The Balaban J connectivity index is 1.39. The Morgan fingerprint density at radius 2 is 1.85 bits per heavy atom. The number of rotatable bonds is 8. The van der Waals surface area contributed by atoms with Gasteiger partial charge in [-0.2, -0.15) is 4.98 Å². The largest absolute Gasteiger partial charge is 0.369 e. The van der Waals surface area contributed by atoms with Crippen molar-refractivity contribution >= 4 is 16.7 Å². The first kappa shape index (κ1) is 22.3. The fourth-order valence-corrected chi connectivity index (χ4v) is 4.36. The van der Waals surface area contributed by atoms with E-state index in [1.807, 2.05) is 30.5 Å². The second-order valence-corrected chi connectivity index (χ2v) is 8.65. The zero-order valence-electron chi connectivity index (χ0n) is 19.3. The molecule has 0 unspecified atom stereocenters. The van der Waals surface area contributed by atoms with E-state index in [1.54, 1.807) is 4.57 Å². The van der Waals surface area contributed by atoms with Crippen LogP contribution in [0.2, 0.25) is 0 Å². The Labute approximate surface area is 198 Å². The van der Waals surface area contributed by atoms with Gasteiger partial charge < -0.3 is 26.3 Å². The topological polar surface area (TPSA) is 104 Å². The van der Waals surface area contributed by atoms with Crippen molar-refractivity contribution in [1.29, 1.82) is 0 Å². The number of benzene rings is 2. The molecule has 0 atom stereocenters. The maximum absolute atomic E-state index is 12.8. The molecular weight excluding hydrogens is 426 g/mol. The number of anilines is 1. The minimum atomic E-state index is -0.302. The highest BCUT2D eigenvalue weighted by atomic mass is 16.1. The monoisotopic (exact) mass is 457 g/mol. The molecule has 0 aliphatic carbocycles. The van der Waals surface area contributed by atoms with E-state index in [2.05, 4.69) is 55.8 Å². The summed E-state index contributed by atoms with van der Waals surface area (Å²) in [4.78, 5) is 22.8. The van der Waals surface area contributed by atoms with E-state index in [9.17, 15) is 4.79 Å². The van der Waals surface area contributed by atoms with Gasteiger partial charge >= 0.3 is 5.69 Å². The lowest BCUT2D eigenvalue weighted by molar-refractivity contribution is 0.589. The highest BCUT2D eigenvalue weighted by Crippen LogP contribution is 2.27. The Morgan fingerprint density at radius 3 is 2.65 bits per heavy atom. The van der Waals surface area contributed by atoms with E-state index >= 15 is 0 Å². The van der Waals surface area contributed by atoms with Crippen LogP contribution in [-0.4, -0.2) is 53.8 Å². The van der Waals surface area contributed by atoms with Crippen molar-refractivity contribution < 1.29 is 0 Å². The van der Waals surface area contributed by atoms with Crippen LogP contribution in [0.4, 0.5) is 5.69 Å². The zero-order valence-corrected chi connectivity index (χ0v) is 19.3. The molecule has 1 aliphatic heterocycles. The van der Waals surface area contributed by atoms with Gasteiger partial charge in [-0.05, 0) is 55.4 Å². The molecule has 0 radical (unpaired) electrons. The first-order chi connectivity index (χ1) is 16.7. The van der Waals surface area contributed by atoms with Crippen LogP contribution in [0.15, 0.2) is 65.6 Å². The fraction of sp³-hybridized carbons (Fsp3) is 0.308. The molecule has 1 fully saturated rings. The normalized spacial score (nSPS) is 14.1. The molecule has 2 aromatic heterocycles. The Bertz CT molecular complexity index is 1300. The summed E-state index contributed by atoms with van der Waals surface area (Å²) in [5, 5.41) is 7.66. The Kier molecular flexibility index (Phi) is 6.71. The number of nitrogens with one attached hydrogen (secondary N) is 3. The van der Waals surface area contributed by atoms with Crippen LogP contribution in [0.1, 0.15) is 12.0 Å². The minimum absolute atomic E-state index is 0.302. The second kappa shape index (κ2) is 10.2. The van der Waals surface area contributed by atoms with Gasteiger partial charge in [-0.3, -0.25) is 4.57 Å². The van der Waals surface area contributed by atoms with Crippen LogP contribution >= 0.6 is 0 Å². The average Bonchev–Trinajstić information content (AvgIpc) is 3.30. The van der Waals surface area contributed by atoms with Crippen LogP contribution in [0.3, 0.4) is 0 Å². The molecule has 8 heteroatoms. The number of aromatic nitrogens is 3. The van der Waals surface area contributed by atoms with Crippen molar-refractivity contribution in [2.45, 2.75) is 13.0 Å². The molecular formula is C26H31N7O. The van der Waals surface area contributed by atoms with Gasteiger partial charge in [-0.1, -0.05) is 24.3 Å². The van der Waals surface area contributed by atoms with Gasteiger partial charge in [0.2, 0.25) is 0 Å².